The number of aromatic nitrogens is 2. The van der Waals surface area contributed by atoms with Gasteiger partial charge in [-0.05, 0) is 24.4 Å². The van der Waals surface area contributed by atoms with Crippen LogP contribution >= 0.6 is 11.6 Å². The number of hydrogen-bond donors (Lipinski definition) is 2. The van der Waals surface area contributed by atoms with Crippen molar-refractivity contribution in [2.75, 3.05) is 6.61 Å². The van der Waals surface area contributed by atoms with E-state index in [9.17, 15) is 13.5 Å². The lowest BCUT2D eigenvalue weighted by molar-refractivity contribution is 0.185. The largest absolute Gasteiger partial charge is 0.394 e. The number of rotatable bonds is 4. The standard InChI is InChI=1S/C10H14ClN3O3S/c11-9-12-5-8(6-13-9)18(16,17)14-10(7-15)3-1-2-4-10/h5-6,14-15H,1-4,7H2. The summed E-state index contributed by atoms with van der Waals surface area (Å²) >= 11 is 5.51. The molecule has 1 aromatic rings. The van der Waals surface area contributed by atoms with Crippen LogP contribution in [-0.2, 0) is 10.0 Å². The predicted octanol–water partition coefficient (Wildman–Crippen LogP) is 0.713. The van der Waals surface area contributed by atoms with Gasteiger partial charge in [-0.15, -0.1) is 0 Å². The van der Waals surface area contributed by atoms with Crippen LogP contribution in [0.3, 0.4) is 0 Å². The van der Waals surface area contributed by atoms with Crippen molar-refractivity contribution in [3.63, 3.8) is 0 Å². The number of sulfonamides is 1. The first kappa shape index (κ1) is 13.7. The highest BCUT2D eigenvalue weighted by Crippen LogP contribution is 2.30. The average Bonchev–Trinajstić information content (AvgIpc) is 2.78. The Morgan fingerprint density at radius 3 is 2.39 bits per heavy atom. The number of nitrogens with zero attached hydrogens (tertiary/aromatic N) is 2. The zero-order chi connectivity index (χ0) is 13.2. The minimum atomic E-state index is -3.72. The molecule has 1 aliphatic carbocycles. The zero-order valence-corrected chi connectivity index (χ0v) is 11.2. The van der Waals surface area contributed by atoms with Gasteiger partial charge in [0.05, 0.1) is 24.5 Å². The first-order chi connectivity index (χ1) is 8.47. The molecule has 2 rings (SSSR count). The fraction of sp³-hybridized carbons (Fsp3) is 0.600. The van der Waals surface area contributed by atoms with Crippen LogP contribution in [0.25, 0.3) is 0 Å². The lowest BCUT2D eigenvalue weighted by atomic mass is 10.0. The zero-order valence-electron chi connectivity index (χ0n) is 9.63. The van der Waals surface area contributed by atoms with Crippen LogP contribution in [0.2, 0.25) is 5.28 Å². The fourth-order valence-corrected chi connectivity index (χ4v) is 3.56. The third-order valence-corrected chi connectivity index (χ3v) is 4.85. The Morgan fingerprint density at radius 2 is 1.89 bits per heavy atom. The van der Waals surface area contributed by atoms with Gasteiger partial charge in [-0.2, -0.15) is 0 Å². The maximum atomic E-state index is 12.1. The maximum Gasteiger partial charge on any atom is 0.244 e. The number of aliphatic hydroxyl groups excluding tert-OH is 1. The molecule has 18 heavy (non-hydrogen) atoms. The molecule has 0 bridgehead atoms. The highest BCUT2D eigenvalue weighted by atomic mass is 35.5. The number of hydrogen-bond acceptors (Lipinski definition) is 5. The summed E-state index contributed by atoms with van der Waals surface area (Å²) < 4.78 is 26.8. The van der Waals surface area contributed by atoms with Gasteiger partial charge in [-0.3, -0.25) is 0 Å². The molecule has 0 aliphatic heterocycles. The fourth-order valence-electron chi connectivity index (χ4n) is 2.13. The Morgan fingerprint density at radius 1 is 1.33 bits per heavy atom. The summed E-state index contributed by atoms with van der Waals surface area (Å²) in [7, 11) is -3.72. The second-order valence-electron chi connectivity index (χ2n) is 4.44. The number of nitrogens with one attached hydrogen (secondary N) is 1. The van der Waals surface area contributed by atoms with E-state index in [1.54, 1.807) is 0 Å². The predicted molar refractivity (Wildman–Crippen MR) is 65.6 cm³/mol. The normalized spacial score (nSPS) is 19.0. The average molecular weight is 292 g/mol. The van der Waals surface area contributed by atoms with Crippen molar-refractivity contribution in [1.29, 1.82) is 0 Å². The monoisotopic (exact) mass is 291 g/mol. The molecule has 0 saturated heterocycles. The molecule has 0 unspecified atom stereocenters. The first-order valence-corrected chi connectivity index (χ1v) is 7.46. The van der Waals surface area contributed by atoms with Crippen LogP contribution in [0.1, 0.15) is 25.7 Å². The Hall–Kier alpha value is -0.760. The smallest absolute Gasteiger partial charge is 0.244 e. The van der Waals surface area contributed by atoms with E-state index in [1.165, 1.54) is 0 Å². The van der Waals surface area contributed by atoms with E-state index in [-0.39, 0.29) is 16.8 Å². The summed E-state index contributed by atoms with van der Waals surface area (Å²) in [6.07, 6.45) is 5.38. The van der Waals surface area contributed by atoms with Crippen molar-refractivity contribution < 1.29 is 13.5 Å². The molecular formula is C10H14ClN3O3S. The molecule has 1 aliphatic rings. The summed E-state index contributed by atoms with van der Waals surface area (Å²) in [6.45, 7) is -0.208. The van der Waals surface area contributed by atoms with E-state index in [1.807, 2.05) is 0 Å². The Labute approximate surface area is 110 Å². The molecule has 2 N–H and O–H groups in total. The summed E-state index contributed by atoms with van der Waals surface area (Å²) in [6, 6.07) is 0. The SMILES string of the molecule is O=S(=O)(NC1(CO)CCCC1)c1cnc(Cl)nc1. The molecule has 0 aromatic carbocycles. The van der Waals surface area contributed by atoms with E-state index >= 15 is 0 Å². The molecule has 1 heterocycles. The summed E-state index contributed by atoms with van der Waals surface area (Å²) in [4.78, 5) is 7.23. The minimum absolute atomic E-state index is 0.00770. The lowest BCUT2D eigenvalue weighted by Crippen LogP contribution is -2.49. The number of aliphatic hydroxyl groups is 1. The van der Waals surface area contributed by atoms with Crippen molar-refractivity contribution in [3.05, 3.63) is 17.7 Å². The molecule has 0 amide bonds. The Balaban J connectivity index is 2.24. The van der Waals surface area contributed by atoms with Crippen molar-refractivity contribution in [2.45, 2.75) is 36.1 Å². The van der Waals surface area contributed by atoms with Gasteiger partial charge < -0.3 is 5.11 Å². The topological polar surface area (TPSA) is 92.2 Å². The first-order valence-electron chi connectivity index (χ1n) is 5.60. The molecule has 1 saturated carbocycles. The van der Waals surface area contributed by atoms with Gasteiger partial charge in [0.25, 0.3) is 0 Å². The van der Waals surface area contributed by atoms with Gasteiger partial charge >= 0.3 is 0 Å². The third-order valence-electron chi connectivity index (χ3n) is 3.12. The highest BCUT2D eigenvalue weighted by Gasteiger charge is 2.37. The lowest BCUT2D eigenvalue weighted by Gasteiger charge is -2.27. The molecule has 8 heteroatoms. The van der Waals surface area contributed by atoms with Crippen LogP contribution < -0.4 is 4.72 Å². The molecule has 0 atom stereocenters. The number of halogens is 1. The van der Waals surface area contributed by atoms with Gasteiger partial charge in [0.2, 0.25) is 15.3 Å². The maximum absolute atomic E-state index is 12.1. The summed E-state index contributed by atoms with van der Waals surface area (Å²) in [5.41, 5.74) is -0.752. The molecular weight excluding hydrogens is 278 g/mol. The van der Waals surface area contributed by atoms with Gasteiger partial charge in [-0.25, -0.2) is 23.1 Å². The Bertz CT molecular complexity index is 512. The highest BCUT2D eigenvalue weighted by molar-refractivity contribution is 7.89. The van der Waals surface area contributed by atoms with Crippen molar-refractivity contribution in [1.82, 2.24) is 14.7 Å². The van der Waals surface area contributed by atoms with Crippen LogP contribution in [0.4, 0.5) is 0 Å². The summed E-state index contributed by atoms with van der Waals surface area (Å²) in [5.74, 6) is 0. The van der Waals surface area contributed by atoms with Crippen LogP contribution in [0, 0.1) is 0 Å². The van der Waals surface area contributed by atoms with E-state index in [4.69, 9.17) is 11.6 Å². The third kappa shape index (κ3) is 2.80. The van der Waals surface area contributed by atoms with Crippen LogP contribution in [-0.4, -0.2) is 35.6 Å². The molecule has 0 spiro atoms. The van der Waals surface area contributed by atoms with E-state index in [2.05, 4.69) is 14.7 Å². The van der Waals surface area contributed by atoms with Gasteiger partial charge in [0.15, 0.2) is 0 Å². The van der Waals surface area contributed by atoms with Crippen molar-refractivity contribution in [2.24, 2.45) is 0 Å². The van der Waals surface area contributed by atoms with Crippen molar-refractivity contribution >= 4 is 21.6 Å². The van der Waals surface area contributed by atoms with E-state index in [0.717, 1.165) is 25.2 Å². The van der Waals surface area contributed by atoms with Crippen LogP contribution in [0.15, 0.2) is 17.3 Å². The second kappa shape index (κ2) is 5.08. The van der Waals surface area contributed by atoms with Gasteiger partial charge in [0.1, 0.15) is 4.90 Å². The van der Waals surface area contributed by atoms with Gasteiger partial charge in [-0.1, -0.05) is 12.8 Å². The molecule has 0 radical (unpaired) electrons. The molecule has 1 fully saturated rings. The van der Waals surface area contributed by atoms with E-state index < -0.39 is 15.6 Å². The molecule has 1 aromatic heterocycles. The molecule has 6 nitrogen and oxygen atoms in total. The minimum Gasteiger partial charge on any atom is -0.394 e. The second-order valence-corrected chi connectivity index (χ2v) is 6.46. The quantitative estimate of drug-likeness (QED) is 0.797. The van der Waals surface area contributed by atoms with E-state index in [0.29, 0.717) is 12.8 Å². The van der Waals surface area contributed by atoms with Crippen LogP contribution in [0.5, 0.6) is 0 Å². The van der Waals surface area contributed by atoms with Gasteiger partial charge in [0, 0.05) is 0 Å². The molecule has 100 valence electrons. The Kier molecular flexibility index (Phi) is 3.86. The van der Waals surface area contributed by atoms with Crippen molar-refractivity contribution in [3.8, 4) is 0 Å². The summed E-state index contributed by atoms with van der Waals surface area (Å²) in [5, 5.41) is 9.38.